The summed E-state index contributed by atoms with van der Waals surface area (Å²) in [5.74, 6) is 3.24. The predicted octanol–water partition coefficient (Wildman–Crippen LogP) is 1.82. The molecule has 0 aromatic heterocycles. The van der Waals surface area contributed by atoms with E-state index in [1.54, 1.807) is 6.42 Å². The van der Waals surface area contributed by atoms with E-state index < -0.39 is 0 Å². The normalized spacial score (nSPS) is 57.6. The van der Waals surface area contributed by atoms with Crippen LogP contribution in [0, 0.1) is 17.8 Å². The lowest BCUT2D eigenvalue weighted by molar-refractivity contribution is 0.259. The largest absolute Gasteiger partial charge is 0.373 e. The van der Waals surface area contributed by atoms with E-state index in [4.69, 9.17) is 4.74 Å². The zero-order chi connectivity index (χ0) is 6.55. The van der Waals surface area contributed by atoms with Crippen molar-refractivity contribution < 1.29 is 4.74 Å². The summed E-state index contributed by atoms with van der Waals surface area (Å²) in [4.78, 5) is 0. The van der Waals surface area contributed by atoms with Crippen LogP contribution in [0.5, 0.6) is 0 Å². The van der Waals surface area contributed by atoms with Crippen LogP contribution in [0.1, 0.15) is 25.7 Å². The highest BCUT2D eigenvalue weighted by Crippen LogP contribution is 2.53. The van der Waals surface area contributed by atoms with Crippen molar-refractivity contribution in [1.29, 1.82) is 0 Å². The van der Waals surface area contributed by atoms with E-state index >= 15 is 0 Å². The Hall–Kier alpha value is -0.0400. The van der Waals surface area contributed by atoms with Gasteiger partial charge >= 0.3 is 0 Å². The van der Waals surface area contributed by atoms with Crippen molar-refractivity contribution >= 4 is 0 Å². The third kappa shape index (κ3) is 0.800. The molecule has 0 aromatic carbocycles. The van der Waals surface area contributed by atoms with Gasteiger partial charge in [-0.2, -0.15) is 0 Å². The second kappa shape index (κ2) is 1.76. The van der Waals surface area contributed by atoms with Crippen LogP contribution in [0.4, 0.5) is 0 Å². The Morgan fingerprint density at radius 2 is 1.60 bits per heavy atom. The lowest BCUT2D eigenvalue weighted by atomic mass is 9.87. The number of fused-ring (bicyclic) bond motifs is 1. The van der Waals surface area contributed by atoms with Gasteiger partial charge in [-0.25, -0.2) is 0 Å². The van der Waals surface area contributed by atoms with Crippen LogP contribution < -0.4 is 0 Å². The lowest BCUT2D eigenvalue weighted by Gasteiger charge is -2.18. The van der Waals surface area contributed by atoms with Gasteiger partial charge in [0.05, 0.1) is 12.7 Å². The first-order valence-corrected chi connectivity index (χ1v) is 4.55. The molecule has 10 heavy (non-hydrogen) atoms. The van der Waals surface area contributed by atoms with Crippen molar-refractivity contribution in [2.45, 2.75) is 31.8 Å². The van der Waals surface area contributed by atoms with Gasteiger partial charge in [-0.3, -0.25) is 0 Å². The van der Waals surface area contributed by atoms with Crippen LogP contribution in [0.2, 0.25) is 0 Å². The minimum atomic E-state index is 0.696. The highest BCUT2D eigenvalue weighted by molar-refractivity contribution is 4.96. The summed E-state index contributed by atoms with van der Waals surface area (Å²) in [6.07, 6.45) is 6.71. The van der Waals surface area contributed by atoms with Gasteiger partial charge in [-0.15, -0.1) is 0 Å². The molecule has 1 aliphatic heterocycles. The van der Waals surface area contributed by atoms with Crippen molar-refractivity contribution in [1.82, 2.24) is 0 Å². The summed E-state index contributed by atoms with van der Waals surface area (Å²) in [6, 6.07) is 0. The standard InChI is InChI=1S/C9H14O/c1-2-7(9-5-10-9)4-8-3-6(1)8/h6-9H,1-5H2. The molecule has 2 aliphatic carbocycles. The highest BCUT2D eigenvalue weighted by atomic mass is 16.6. The fraction of sp³-hybridized carbons (Fsp3) is 1.00. The first kappa shape index (κ1) is 5.59. The van der Waals surface area contributed by atoms with E-state index in [1.165, 1.54) is 19.3 Å². The van der Waals surface area contributed by atoms with Crippen molar-refractivity contribution in [3.63, 3.8) is 0 Å². The topological polar surface area (TPSA) is 12.5 Å². The average molecular weight is 138 g/mol. The Bertz CT molecular complexity index is 151. The number of rotatable bonds is 1. The Kier molecular flexibility index (Phi) is 0.984. The predicted molar refractivity (Wildman–Crippen MR) is 38.7 cm³/mol. The monoisotopic (exact) mass is 138 g/mol. The maximum atomic E-state index is 5.31. The molecule has 0 aromatic rings. The molecule has 4 unspecified atom stereocenters. The molecule has 56 valence electrons. The van der Waals surface area contributed by atoms with Gasteiger partial charge in [-0.05, 0) is 43.4 Å². The number of epoxide rings is 1. The number of hydrogen-bond donors (Lipinski definition) is 0. The van der Waals surface area contributed by atoms with Crippen LogP contribution in [-0.2, 0) is 4.74 Å². The minimum Gasteiger partial charge on any atom is -0.373 e. The molecule has 4 atom stereocenters. The maximum absolute atomic E-state index is 5.31. The summed E-state index contributed by atoms with van der Waals surface area (Å²) in [6.45, 7) is 1.07. The summed E-state index contributed by atoms with van der Waals surface area (Å²) < 4.78 is 5.31. The van der Waals surface area contributed by atoms with Crippen molar-refractivity contribution in [3.05, 3.63) is 0 Å². The van der Waals surface area contributed by atoms with Gasteiger partial charge in [0.1, 0.15) is 0 Å². The Morgan fingerprint density at radius 3 is 2.30 bits per heavy atom. The van der Waals surface area contributed by atoms with Gasteiger partial charge in [0, 0.05) is 0 Å². The molecule has 1 heteroatoms. The molecule has 0 spiro atoms. The molecular formula is C9H14O. The molecule has 0 radical (unpaired) electrons. The maximum Gasteiger partial charge on any atom is 0.0838 e. The first-order chi connectivity index (χ1) is 4.93. The second-order valence-electron chi connectivity index (χ2n) is 4.20. The molecule has 3 fully saturated rings. The third-order valence-electron chi connectivity index (χ3n) is 3.47. The Labute approximate surface area is 61.8 Å². The number of ether oxygens (including phenoxy) is 1. The summed E-state index contributed by atoms with van der Waals surface area (Å²) in [5.41, 5.74) is 0. The second-order valence-corrected chi connectivity index (χ2v) is 4.20. The molecule has 0 bridgehead atoms. The quantitative estimate of drug-likeness (QED) is 0.503. The van der Waals surface area contributed by atoms with Crippen LogP contribution in [0.25, 0.3) is 0 Å². The van der Waals surface area contributed by atoms with Crippen LogP contribution >= 0.6 is 0 Å². The molecule has 3 aliphatic rings. The van der Waals surface area contributed by atoms with Crippen LogP contribution in [-0.4, -0.2) is 12.7 Å². The SMILES string of the molecule is C1CC(C2CO2)CC2CC12. The summed E-state index contributed by atoms with van der Waals surface area (Å²) >= 11 is 0. The smallest absolute Gasteiger partial charge is 0.0838 e. The van der Waals surface area contributed by atoms with Gasteiger partial charge in [-0.1, -0.05) is 0 Å². The molecule has 2 saturated carbocycles. The Balaban J connectivity index is 1.65. The van der Waals surface area contributed by atoms with Gasteiger partial charge in [0.15, 0.2) is 0 Å². The van der Waals surface area contributed by atoms with Crippen molar-refractivity contribution in [2.75, 3.05) is 6.61 Å². The molecule has 1 heterocycles. The van der Waals surface area contributed by atoms with Crippen LogP contribution in [0.3, 0.4) is 0 Å². The van der Waals surface area contributed by atoms with E-state index in [-0.39, 0.29) is 0 Å². The molecular weight excluding hydrogens is 124 g/mol. The van der Waals surface area contributed by atoms with Crippen LogP contribution in [0.15, 0.2) is 0 Å². The first-order valence-electron chi connectivity index (χ1n) is 4.55. The Morgan fingerprint density at radius 1 is 0.900 bits per heavy atom. The van der Waals surface area contributed by atoms with Crippen molar-refractivity contribution in [2.24, 2.45) is 17.8 Å². The lowest BCUT2D eigenvalue weighted by Crippen LogP contribution is -2.13. The summed E-state index contributed by atoms with van der Waals surface area (Å²) in [7, 11) is 0. The minimum absolute atomic E-state index is 0.696. The average Bonchev–Trinajstić information content (AvgIpc) is 2.83. The fourth-order valence-corrected chi connectivity index (χ4v) is 2.55. The molecule has 1 nitrogen and oxygen atoms in total. The van der Waals surface area contributed by atoms with Gasteiger partial charge in [0.25, 0.3) is 0 Å². The van der Waals surface area contributed by atoms with Crippen molar-refractivity contribution in [3.8, 4) is 0 Å². The number of hydrogen-bond acceptors (Lipinski definition) is 1. The van der Waals surface area contributed by atoms with E-state index in [1.807, 2.05) is 0 Å². The summed E-state index contributed by atoms with van der Waals surface area (Å²) in [5, 5.41) is 0. The molecule has 0 amide bonds. The van der Waals surface area contributed by atoms with E-state index in [2.05, 4.69) is 0 Å². The molecule has 0 N–H and O–H groups in total. The molecule has 3 rings (SSSR count). The zero-order valence-corrected chi connectivity index (χ0v) is 6.25. The third-order valence-corrected chi connectivity index (χ3v) is 3.47. The van der Waals surface area contributed by atoms with E-state index in [0.717, 1.165) is 24.4 Å². The van der Waals surface area contributed by atoms with Gasteiger partial charge in [0.2, 0.25) is 0 Å². The zero-order valence-electron chi connectivity index (χ0n) is 6.25. The van der Waals surface area contributed by atoms with E-state index in [9.17, 15) is 0 Å². The van der Waals surface area contributed by atoms with E-state index in [0.29, 0.717) is 6.10 Å². The molecule has 1 saturated heterocycles. The van der Waals surface area contributed by atoms with Gasteiger partial charge < -0.3 is 4.74 Å². The highest BCUT2D eigenvalue weighted by Gasteiger charge is 2.46. The fourth-order valence-electron chi connectivity index (χ4n) is 2.55.